The fraction of sp³-hybridized carbons (Fsp3) is 0. The van der Waals surface area contributed by atoms with Crippen molar-refractivity contribution in [3.63, 3.8) is 0 Å². The molecule has 0 saturated heterocycles. The van der Waals surface area contributed by atoms with Gasteiger partial charge in [-0.05, 0) is 48.5 Å². The minimum atomic E-state index is -1.34. The van der Waals surface area contributed by atoms with Crippen LogP contribution >= 0.6 is 0 Å². The lowest BCUT2D eigenvalue weighted by Gasteiger charge is -2.24. The Hall–Kier alpha value is -5.23. The zero-order valence-corrected chi connectivity index (χ0v) is 18.2. The molecule has 0 aromatic heterocycles. The van der Waals surface area contributed by atoms with Crippen LogP contribution in [0.5, 0.6) is 23.0 Å². The van der Waals surface area contributed by atoms with Crippen molar-refractivity contribution in [2.45, 2.75) is 0 Å². The van der Waals surface area contributed by atoms with Gasteiger partial charge in [-0.15, -0.1) is 0 Å². The summed E-state index contributed by atoms with van der Waals surface area (Å²) in [7, 11) is 0. The number of ether oxygens (including phenoxy) is 1. The SMILES string of the molecule is N#Cc1ccc(Nc2c(F)c3c(c(F)c2Oc2ccccc2)C(=O)c2c(O)ccc(O)c2C3=O)cc1. The molecule has 9 heteroatoms. The van der Waals surface area contributed by atoms with E-state index in [4.69, 9.17) is 10.00 Å². The molecular weight excluding hydrogens is 470 g/mol. The van der Waals surface area contributed by atoms with Gasteiger partial charge in [0.05, 0.1) is 33.9 Å². The molecule has 0 unspecified atom stereocenters. The largest absolute Gasteiger partial charge is 0.507 e. The number of carbonyl (C=O) groups excluding carboxylic acids is 2. The molecule has 0 amide bonds. The van der Waals surface area contributed by atoms with E-state index < -0.39 is 68.4 Å². The average molecular weight is 484 g/mol. The van der Waals surface area contributed by atoms with E-state index in [9.17, 15) is 19.8 Å². The summed E-state index contributed by atoms with van der Waals surface area (Å²) in [6.45, 7) is 0. The summed E-state index contributed by atoms with van der Waals surface area (Å²) < 4.78 is 37.6. The maximum absolute atomic E-state index is 16.0. The number of hydrogen-bond acceptors (Lipinski definition) is 7. The summed E-state index contributed by atoms with van der Waals surface area (Å²) in [6.07, 6.45) is 0. The molecule has 0 radical (unpaired) electrons. The molecular formula is C27H14F2N2O5. The van der Waals surface area contributed by atoms with Crippen molar-refractivity contribution in [2.75, 3.05) is 5.32 Å². The van der Waals surface area contributed by atoms with E-state index in [2.05, 4.69) is 5.32 Å². The van der Waals surface area contributed by atoms with Gasteiger partial charge in [-0.25, -0.2) is 8.78 Å². The van der Waals surface area contributed by atoms with Gasteiger partial charge < -0.3 is 20.3 Å². The quantitative estimate of drug-likeness (QED) is 0.286. The lowest BCUT2D eigenvalue weighted by molar-refractivity contribution is 0.0967. The van der Waals surface area contributed by atoms with E-state index in [1.54, 1.807) is 18.2 Å². The van der Waals surface area contributed by atoms with Crippen LogP contribution in [0.15, 0.2) is 66.7 Å². The smallest absolute Gasteiger partial charge is 0.201 e. The first-order valence-electron chi connectivity index (χ1n) is 10.5. The number of benzene rings is 4. The van der Waals surface area contributed by atoms with E-state index >= 15 is 8.78 Å². The summed E-state index contributed by atoms with van der Waals surface area (Å²) >= 11 is 0. The molecule has 0 heterocycles. The normalized spacial score (nSPS) is 11.9. The number of fused-ring (bicyclic) bond motifs is 2. The Morgan fingerprint density at radius 2 is 1.31 bits per heavy atom. The molecule has 7 nitrogen and oxygen atoms in total. The molecule has 5 rings (SSSR count). The zero-order chi connectivity index (χ0) is 25.6. The van der Waals surface area contributed by atoms with E-state index in [1.807, 2.05) is 6.07 Å². The molecule has 1 aliphatic rings. The molecule has 4 aromatic rings. The number of anilines is 2. The Morgan fingerprint density at radius 3 is 1.86 bits per heavy atom. The maximum Gasteiger partial charge on any atom is 0.201 e. The molecule has 0 atom stereocenters. The number of nitrogens with zero attached hydrogens (tertiary/aromatic N) is 1. The van der Waals surface area contributed by atoms with Crippen molar-refractivity contribution >= 4 is 22.9 Å². The standard InChI is InChI=1S/C27H14F2N2O5/c28-22-20-21(26(35)19-17(33)11-10-16(32)18(19)25(20)34)23(29)27(36-15-4-2-1-3-5-15)24(22)31-14-8-6-13(12-30)7-9-14/h1-11,31-33H. The Morgan fingerprint density at radius 1 is 0.750 bits per heavy atom. The molecule has 0 saturated carbocycles. The van der Waals surface area contributed by atoms with Crippen molar-refractivity contribution in [3.8, 4) is 29.1 Å². The highest BCUT2D eigenvalue weighted by atomic mass is 19.1. The number of ketones is 2. The molecule has 0 spiro atoms. The van der Waals surface area contributed by atoms with Crippen LogP contribution in [0.3, 0.4) is 0 Å². The van der Waals surface area contributed by atoms with Gasteiger partial charge in [0, 0.05) is 5.69 Å². The monoisotopic (exact) mass is 484 g/mol. The second kappa shape index (κ2) is 8.52. The highest BCUT2D eigenvalue weighted by molar-refractivity contribution is 6.31. The van der Waals surface area contributed by atoms with Crippen molar-refractivity contribution in [3.05, 3.63) is 106 Å². The molecule has 0 fully saturated rings. The van der Waals surface area contributed by atoms with Crippen LogP contribution in [0.2, 0.25) is 0 Å². The van der Waals surface area contributed by atoms with Crippen molar-refractivity contribution in [2.24, 2.45) is 0 Å². The Labute approximate surface area is 202 Å². The predicted molar refractivity (Wildman–Crippen MR) is 124 cm³/mol. The molecule has 0 aliphatic heterocycles. The van der Waals surface area contributed by atoms with Gasteiger partial charge in [0.15, 0.2) is 17.4 Å². The molecule has 176 valence electrons. The van der Waals surface area contributed by atoms with E-state index in [0.717, 1.165) is 12.1 Å². The first-order chi connectivity index (χ1) is 17.3. The number of halogens is 2. The van der Waals surface area contributed by atoms with Crippen LogP contribution in [-0.2, 0) is 0 Å². The summed E-state index contributed by atoms with van der Waals surface area (Å²) in [4.78, 5) is 26.4. The first kappa shape index (κ1) is 22.6. The zero-order valence-electron chi connectivity index (χ0n) is 18.2. The van der Waals surface area contributed by atoms with Gasteiger partial charge >= 0.3 is 0 Å². The molecule has 4 aromatic carbocycles. The van der Waals surface area contributed by atoms with Crippen LogP contribution in [0.25, 0.3) is 0 Å². The molecule has 3 N–H and O–H groups in total. The van der Waals surface area contributed by atoms with Crippen molar-refractivity contribution in [1.29, 1.82) is 5.26 Å². The summed E-state index contributed by atoms with van der Waals surface area (Å²) in [6, 6.07) is 17.5. The number of carbonyl (C=O) groups is 2. The molecule has 1 aliphatic carbocycles. The van der Waals surface area contributed by atoms with E-state index in [0.29, 0.717) is 5.56 Å². The van der Waals surface area contributed by atoms with E-state index in [1.165, 1.54) is 36.4 Å². The summed E-state index contributed by atoms with van der Waals surface area (Å²) in [5, 5.41) is 32.0. The van der Waals surface area contributed by atoms with Gasteiger partial charge in [0.25, 0.3) is 0 Å². The Balaban J connectivity index is 1.76. The number of nitriles is 1. The minimum Gasteiger partial charge on any atom is -0.507 e. The number of para-hydroxylation sites is 1. The van der Waals surface area contributed by atoms with E-state index in [-0.39, 0.29) is 11.4 Å². The highest BCUT2D eigenvalue weighted by Crippen LogP contribution is 2.46. The molecule has 0 bridgehead atoms. The fourth-order valence-electron chi connectivity index (χ4n) is 3.97. The van der Waals surface area contributed by atoms with Crippen LogP contribution in [0, 0.1) is 23.0 Å². The highest BCUT2D eigenvalue weighted by Gasteiger charge is 2.42. The summed E-state index contributed by atoms with van der Waals surface area (Å²) in [5.74, 6) is -6.92. The van der Waals surface area contributed by atoms with Gasteiger partial charge in [-0.2, -0.15) is 5.26 Å². The number of nitrogens with one attached hydrogen (secondary N) is 1. The van der Waals surface area contributed by atoms with Crippen LogP contribution < -0.4 is 10.1 Å². The molecule has 36 heavy (non-hydrogen) atoms. The third kappa shape index (κ3) is 3.49. The second-order valence-electron chi connectivity index (χ2n) is 7.82. The number of aromatic hydroxyl groups is 2. The maximum atomic E-state index is 16.0. The Kier molecular flexibility index (Phi) is 5.34. The van der Waals surface area contributed by atoms with Gasteiger partial charge in [-0.1, -0.05) is 18.2 Å². The number of hydrogen-bond donors (Lipinski definition) is 3. The average Bonchev–Trinajstić information content (AvgIpc) is 2.89. The number of rotatable bonds is 4. The van der Waals surface area contributed by atoms with Crippen molar-refractivity contribution in [1.82, 2.24) is 0 Å². The fourth-order valence-corrected chi connectivity index (χ4v) is 3.97. The Bertz CT molecular complexity index is 1610. The third-order valence-electron chi connectivity index (χ3n) is 5.65. The second-order valence-corrected chi connectivity index (χ2v) is 7.82. The lowest BCUT2D eigenvalue weighted by atomic mass is 9.82. The van der Waals surface area contributed by atoms with Crippen LogP contribution in [0.4, 0.5) is 20.2 Å². The summed E-state index contributed by atoms with van der Waals surface area (Å²) in [5.41, 5.74) is -3.13. The lowest BCUT2D eigenvalue weighted by Crippen LogP contribution is -2.25. The van der Waals surface area contributed by atoms with Gasteiger partial charge in [0.1, 0.15) is 22.9 Å². The van der Waals surface area contributed by atoms with Gasteiger partial charge in [0.2, 0.25) is 11.6 Å². The minimum absolute atomic E-state index is 0.120. The number of phenols is 2. The first-order valence-corrected chi connectivity index (χ1v) is 10.5. The van der Waals surface area contributed by atoms with Gasteiger partial charge in [-0.3, -0.25) is 9.59 Å². The predicted octanol–water partition coefficient (Wildman–Crippen LogP) is 5.56. The van der Waals surface area contributed by atoms with Crippen LogP contribution in [0.1, 0.15) is 37.4 Å². The van der Waals surface area contributed by atoms with Crippen LogP contribution in [-0.4, -0.2) is 21.8 Å². The topological polar surface area (TPSA) is 120 Å². The van der Waals surface area contributed by atoms with Crippen molar-refractivity contribution < 1.29 is 33.3 Å². The third-order valence-corrected chi connectivity index (χ3v) is 5.65. The number of phenolic OH excluding ortho intramolecular Hbond substituents is 2.